The number of nitro groups is 1. The summed E-state index contributed by atoms with van der Waals surface area (Å²) in [5.74, 6) is 0.196. The van der Waals surface area contributed by atoms with Gasteiger partial charge in [-0.1, -0.05) is 0 Å². The van der Waals surface area contributed by atoms with Crippen molar-refractivity contribution in [1.82, 2.24) is 4.90 Å². The molecule has 0 saturated carbocycles. The second-order valence-corrected chi connectivity index (χ2v) is 8.06. The van der Waals surface area contributed by atoms with Crippen LogP contribution in [-0.4, -0.2) is 55.9 Å². The summed E-state index contributed by atoms with van der Waals surface area (Å²) in [5.41, 5.74) is -1.91. The van der Waals surface area contributed by atoms with Crippen molar-refractivity contribution in [2.45, 2.75) is 12.6 Å². The minimum absolute atomic E-state index is 0.0982. The number of benzene rings is 1. The number of alkyl halides is 3. The van der Waals surface area contributed by atoms with Gasteiger partial charge in [-0.2, -0.15) is 13.2 Å². The number of hydrogen-bond donors (Lipinski definition) is 1. The topological polar surface area (TPSA) is 92.6 Å². The molecule has 1 fully saturated rings. The summed E-state index contributed by atoms with van der Waals surface area (Å²) in [6.07, 6.45) is -4.18. The lowest BCUT2D eigenvalue weighted by Crippen LogP contribution is -2.41. The van der Waals surface area contributed by atoms with Gasteiger partial charge in [-0.3, -0.25) is 10.1 Å². The van der Waals surface area contributed by atoms with Gasteiger partial charge in [0, 0.05) is 37.5 Å². The third kappa shape index (κ3) is 5.56. The van der Waals surface area contributed by atoms with Crippen molar-refractivity contribution >= 4 is 21.2 Å². The molecule has 7 nitrogen and oxygen atoms in total. The Labute approximate surface area is 142 Å². The Morgan fingerprint density at radius 2 is 1.88 bits per heavy atom. The van der Waals surface area contributed by atoms with Gasteiger partial charge in [-0.15, -0.1) is 0 Å². The molecule has 1 saturated heterocycles. The third-order valence-corrected chi connectivity index (χ3v) is 5.53. The average molecular weight is 381 g/mol. The molecular weight excluding hydrogens is 363 g/mol. The van der Waals surface area contributed by atoms with E-state index in [0.29, 0.717) is 32.1 Å². The summed E-state index contributed by atoms with van der Waals surface area (Å²) >= 11 is 0. The zero-order valence-corrected chi connectivity index (χ0v) is 14.1. The van der Waals surface area contributed by atoms with Crippen molar-refractivity contribution < 1.29 is 26.5 Å². The van der Waals surface area contributed by atoms with Crippen LogP contribution in [0.5, 0.6) is 0 Å². The summed E-state index contributed by atoms with van der Waals surface area (Å²) in [6.45, 7) is 1.66. The molecule has 0 unspecified atom stereocenters. The summed E-state index contributed by atoms with van der Waals surface area (Å²) in [4.78, 5) is 11.7. The first-order valence-electron chi connectivity index (χ1n) is 7.61. The van der Waals surface area contributed by atoms with Gasteiger partial charge in [0.05, 0.1) is 22.0 Å². The van der Waals surface area contributed by atoms with Gasteiger partial charge >= 0.3 is 6.18 Å². The van der Waals surface area contributed by atoms with Crippen LogP contribution in [0.1, 0.15) is 12.0 Å². The Morgan fingerprint density at radius 3 is 2.44 bits per heavy atom. The number of nitrogens with zero attached hydrogens (tertiary/aromatic N) is 2. The molecule has 1 heterocycles. The maximum atomic E-state index is 13.0. The predicted octanol–water partition coefficient (Wildman–Crippen LogP) is 2.15. The van der Waals surface area contributed by atoms with E-state index in [1.54, 1.807) is 0 Å². The SMILES string of the molecule is O=[N+]([O-])c1ccc(NCCCN2CCS(=O)(=O)CC2)c(C(F)(F)F)c1. The van der Waals surface area contributed by atoms with Crippen molar-refractivity contribution in [3.63, 3.8) is 0 Å². The standard InChI is InChI=1S/C14H18F3N3O4S/c15-14(16,17)12-10-11(20(21)22)2-3-13(12)18-4-1-5-19-6-8-25(23,24)9-7-19/h2-3,10,18H,1,4-9H2. The number of rotatable bonds is 6. The first-order chi connectivity index (χ1) is 11.6. The summed E-state index contributed by atoms with van der Waals surface area (Å²) < 4.78 is 61.8. The Kier molecular flexibility index (Phi) is 5.88. The maximum Gasteiger partial charge on any atom is 0.418 e. The van der Waals surface area contributed by atoms with E-state index in [-0.39, 0.29) is 23.7 Å². The number of nitrogens with one attached hydrogen (secondary N) is 1. The first-order valence-corrected chi connectivity index (χ1v) is 9.43. The molecule has 1 N–H and O–H groups in total. The highest BCUT2D eigenvalue weighted by molar-refractivity contribution is 7.91. The lowest BCUT2D eigenvalue weighted by atomic mass is 10.1. The fourth-order valence-corrected chi connectivity index (χ4v) is 3.81. The number of non-ortho nitro benzene ring substituents is 1. The number of hydrogen-bond acceptors (Lipinski definition) is 6. The molecule has 1 aliphatic heterocycles. The molecule has 0 bridgehead atoms. The van der Waals surface area contributed by atoms with Crippen LogP contribution in [-0.2, 0) is 16.0 Å². The Bertz CT molecular complexity index is 723. The smallest absolute Gasteiger partial charge is 0.384 e. The second-order valence-electron chi connectivity index (χ2n) is 5.76. The van der Waals surface area contributed by atoms with Gasteiger partial charge in [0.15, 0.2) is 9.84 Å². The Morgan fingerprint density at radius 1 is 1.24 bits per heavy atom. The fourth-order valence-electron chi connectivity index (χ4n) is 2.53. The second kappa shape index (κ2) is 7.56. The average Bonchev–Trinajstić information content (AvgIpc) is 2.51. The molecule has 2 rings (SSSR count). The van der Waals surface area contributed by atoms with Crippen LogP contribution in [0.3, 0.4) is 0 Å². The van der Waals surface area contributed by atoms with Crippen molar-refractivity contribution in [3.05, 3.63) is 33.9 Å². The largest absolute Gasteiger partial charge is 0.418 e. The van der Waals surface area contributed by atoms with Crippen LogP contribution in [0, 0.1) is 10.1 Å². The first kappa shape index (κ1) is 19.4. The lowest BCUT2D eigenvalue weighted by molar-refractivity contribution is -0.385. The molecule has 140 valence electrons. The zero-order valence-electron chi connectivity index (χ0n) is 13.3. The number of halogens is 3. The minimum Gasteiger partial charge on any atom is -0.384 e. The van der Waals surface area contributed by atoms with E-state index in [1.807, 2.05) is 4.90 Å². The van der Waals surface area contributed by atoms with Gasteiger partial charge in [0.25, 0.3) is 5.69 Å². The van der Waals surface area contributed by atoms with E-state index in [0.717, 1.165) is 12.1 Å². The molecule has 0 atom stereocenters. The van der Waals surface area contributed by atoms with Crippen molar-refractivity contribution in [2.24, 2.45) is 0 Å². The maximum absolute atomic E-state index is 13.0. The zero-order chi connectivity index (χ0) is 18.7. The van der Waals surface area contributed by atoms with Crippen LogP contribution in [0.2, 0.25) is 0 Å². The summed E-state index contributed by atoms with van der Waals surface area (Å²) in [5, 5.41) is 13.3. The summed E-state index contributed by atoms with van der Waals surface area (Å²) in [7, 11) is -2.96. The molecule has 0 aromatic heterocycles. The van der Waals surface area contributed by atoms with Crippen molar-refractivity contribution in [3.8, 4) is 0 Å². The number of sulfone groups is 1. The fraction of sp³-hybridized carbons (Fsp3) is 0.571. The van der Waals surface area contributed by atoms with Crippen molar-refractivity contribution in [2.75, 3.05) is 43.0 Å². The monoisotopic (exact) mass is 381 g/mol. The van der Waals surface area contributed by atoms with Gasteiger partial charge in [0.2, 0.25) is 0 Å². The van der Waals surface area contributed by atoms with Gasteiger partial charge in [-0.05, 0) is 19.0 Å². The van der Waals surface area contributed by atoms with Gasteiger partial charge in [0.1, 0.15) is 0 Å². The van der Waals surface area contributed by atoms with Crippen LogP contribution < -0.4 is 5.32 Å². The molecule has 0 amide bonds. The molecule has 11 heteroatoms. The highest BCUT2D eigenvalue weighted by Crippen LogP contribution is 2.37. The molecule has 1 aliphatic rings. The van der Waals surface area contributed by atoms with E-state index >= 15 is 0 Å². The highest BCUT2D eigenvalue weighted by atomic mass is 32.2. The predicted molar refractivity (Wildman–Crippen MR) is 86.3 cm³/mol. The third-order valence-electron chi connectivity index (χ3n) is 3.92. The van der Waals surface area contributed by atoms with E-state index < -0.39 is 32.2 Å². The van der Waals surface area contributed by atoms with E-state index in [4.69, 9.17) is 0 Å². The van der Waals surface area contributed by atoms with Crippen LogP contribution in [0.25, 0.3) is 0 Å². The molecule has 1 aromatic rings. The molecular formula is C14H18F3N3O4S. The Balaban J connectivity index is 1.91. The van der Waals surface area contributed by atoms with Gasteiger partial charge < -0.3 is 10.2 Å². The summed E-state index contributed by atoms with van der Waals surface area (Å²) in [6, 6.07) is 2.58. The quantitative estimate of drug-likeness (QED) is 0.461. The molecule has 1 aromatic carbocycles. The van der Waals surface area contributed by atoms with Crippen LogP contribution in [0.15, 0.2) is 18.2 Å². The molecule has 0 radical (unpaired) electrons. The number of nitro benzene ring substituents is 1. The molecule has 0 spiro atoms. The van der Waals surface area contributed by atoms with E-state index in [2.05, 4.69) is 5.32 Å². The lowest BCUT2D eigenvalue weighted by Gasteiger charge is -2.26. The minimum atomic E-state index is -4.70. The molecule has 0 aliphatic carbocycles. The van der Waals surface area contributed by atoms with Crippen LogP contribution in [0.4, 0.5) is 24.5 Å². The van der Waals surface area contributed by atoms with E-state index in [1.165, 1.54) is 0 Å². The van der Waals surface area contributed by atoms with E-state index in [9.17, 15) is 31.7 Å². The highest BCUT2D eigenvalue weighted by Gasteiger charge is 2.35. The Hall–Kier alpha value is -1.88. The van der Waals surface area contributed by atoms with Crippen LogP contribution >= 0.6 is 0 Å². The van der Waals surface area contributed by atoms with Gasteiger partial charge in [-0.25, -0.2) is 8.42 Å². The van der Waals surface area contributed by atoms with Crippen molar-refractivity contribution in [1.29, 1.82) is 0 Å². The molecule has 25 heavy (non-hydrogen) atoms. The number of anilines is 1. The normalized spacial score (nSPS) is 18.0.